The summed E-state index contributed by atoms with van der Waals surface area (Å²) in [5, 5.41) is 10.8. The number of alkyl halides is 3. The van der Waals surface area contributed by atoms with E-state index in [0.717, 1.165) is 12.1 Å². The zero-order valence-corrected chi connectivity index (χ0v) is 13.1. The van der Waals surface area contributed by atoms with Gasteiger partial charge in [0.05, 0.1) is 18.8 Å². The summed E-state index contributed by atoms with van der Waals surface area (Å²) in [7, 11) is 0. The van der Waals surface area contributed by atoms with Gasteiger partial charge in [-0.15, -0.1) is 0 Å². The van der Waals surface area contributed by atoms with Crippen molar-refractivity contribution >= 4 is 0 Å². The quantitative estimate of drug-likeness (QED) is 0.812. The van der Waals surface area contributed by atoms with Crippen molar-refractivity contribution in [3.63, 3.8) is 0 Å². The Hall–Kier alpha value is -1.89. The Morgan fingerprint density at radius 3 is 2.08 bits per heavy atom. The highest BCUT2D eigenvalue weighted by molar-refractivity contribution is 5.24. The summed E-state index contributed by atoms with van der Waals surface area (Å²) in [4.78, 5) is 0. The highest BCUT2D eigenvalue weighted by atomic mass is 19.4. The first-order chi connectivity index (χ1) is 11.3. The fraction of sp³-hybridized carbons (Fsp3) is 0.333. The minimum Gasteiger partial charge on any atom is -0.383 e. The third-order valence-electron chi connectivity index (χ3n) is 3.76. The maximum atomic E-state index is 12.5. The molecule has 0 spiro atoms. The Balaban J connectivity index is 1.98. The summed E-state index contributed by atoms with van der Waals surface area (Å²) in [6.07, 6.45) is -4.03. The lowest BCUT2D eigenvalue weighted by Crippen LogP contribution is -2.34. The van der Waals surface area contributed by atoms with Crippen LogP contribution in [0.15, 0.2) is 54.6 Å². The van der Waals surface area contributed by atoms with Gasteiger partial charge in [0.2, 0.25) is 0 Å². The van der Waals surface area contributed by atoms with Crippen molar-refractivity contribution < 1.29 is 23.0 Å². The minimum absolute atomic E-state index is 0.00916. The van der Waals surface area contributed by atoms with Crippen LogP contribution in [0, 0.1) is 0 Å². The van der Waals surface area contributed by atoms with Gasteiger partial charge in [-0.05, 0) is 36.2 Å². The standard InChI is InChI=1S/C18H20F3NO2/c19-18(20,21)16-8-6-14(7-9-16)12-24-13-17(23,10-11-22)15-4-2-1-3-5-15/h1-9,23H,10-13,22H2. The summed E-state index contributed by atoms with van der Waals surface area (Å²) >= 11 is 0. The molecule has 6 heteroatoms. The number of benzene rings is 2. The molecule has 0 radical (unpaired) electrons. The van der Waals surface area contributed by atoms with Crippen LogP contribution in [0.25, 0.3) is 0 Å². The van der Waals surface area contributed by atoms with Crippen LogP contribution in [0.3, 0.4) is 0 Å². The lowest BCUT2D eigenvalue weighted by Gasteiger charge is -2.28. The molecule has 24 heavy (non-hydrogen) atoms. The highest BCUT2D eigenvalue weighted by Crippen LogP contribution is 2.29. The zero-order valence-electron chi connectivity index (χ0n) is 13.1. The molecule has 0 saturated heterocycles. The first-order valence-electron chi connectivity index (χ1n) is 7.57. The number of halogens is 3. The second-order valence-corrected chi connectivity index (χ2v) is 5.62. The van der Waals surface area contributed by atoms with Gasteiger partial charge in [0.15, 0.2) is 0 Å². The lowest BCUT2D eigenvalue weighted by atomic mass is 9.91. The molecule has 130 valence electrons. The summed E-state index contributed by atoms with van der Waals surface area (Å²) < 4.78 is 43.1. The summed E-state index contributed by atoms with van der Waals surface area (Å²) in [5.41, 5.74) is 4.95. The number of nitrogens with two attached hydrogens (primary N) is 1. The molecule has 0 aliphatic heterocycles. The fourth-order valence-electron chi connectivity index (χ4n) is 2.41. The molecule has 2 aromatic carbocycles. The Labute approximate surface area is 138 Å². The zero-order chi connectivity index (χ0) is 17.6. The summed E-state index contributed by atoms with van der Waals surface area (Å²) in [6, 6.07) is 13.8. The number of rotatable bonds is 7. The second kappa shape index (κ2) is 7.79. The van der Waals surface area contributed by atoms with Crippen molar-refractivity contribution in [2.75, 3.05) is 13.2 Å². The van der Waals surface area contributed by atoms with Crippen molar-refractivity contribution in [1.29, 1.82) is 0 Å². The van der Waals surface area contributed by atoms with Crippen LogP contribution < -0.4 is 5.73 Å². The van der Waals surface area contributed by atoms with Crippen LogP contribution in [0.5, 0.6) is 0 Å². The van der Waals surface area contributed by atoms with Crippen LogP contribution in [-0.2, 0) is 23.1 Å². The van der Waals surface area contributed by atoms with E-state index in [1.807, 2.05) is 18.2 Å². The molecular weight excluding hydrogens is 319 g/mol. The molecule has 0 heterocycles. The number of hydrogen-bond acceptors (Lipinski definition) is 3. The molecular formula is C18H20F3NO2. The minimum atomic E-state index is -4.35. The number of hydrogen-bond donors (Lipinski definition) is 2. The van der Waals surface area contributed by atoms with E-state index in [4.69, 9.17) is 10.5 Å². The van der Waals surface area contributed by atoms with E-state index in [1.165, 1.54) is 12.1 Å². The van der Waals surface area contributed by atoms with Gasteiger partial charge in [-0.1, -0.05) is 42.5 Å². The number of ether oxygens (including phenoxy) is 1. The van der Waals surface area contributed by atoms with Gasteiger partial charge in [0, 0.05) is 0 Å². The SMILES string of the molecule is NCCC(O)(COCc1ccc(C(F)(F)F)cc1)c1ccccc1. The second-order valence-electron chi connectivity index (χ2n) is 5.62. The molecule has 0 amide bonds. The smallest absolute Gasteiger partial charge is 0.383 e. The largest absolute Gasteiger partial charge is 0.416 e. The van der Waals surface area contributed by atoms with E-state index in [-0.39, 0.29) is 19.8 Å². The predicted molar refractivity (Wildman–Crippen MR) is 85.1 cm³/mol. The Morgan fingerprint density at radius 1 is 0.917 bits per heavy atom. The normalized spacial score (nSPS) is 14.4. The van der Waals surface area contributed by atoms with Gasteiger partial charge >= 0.3 is 6.18 Å². The van der Waals surface area contributed by atoms with Crippen molar-refractivity contribution in [2.24, 2.45) is 5.73 Å². The molecule has 2 aromatic rings. The first kappa shape index (κ1) is 18.4. The van der Waals surface area contributed by atoms with E-state index >= 15 is 0 Å². The molecule has 0 aliphatic rings. The van der Waals surface area contributed by atoms with Gasteiger partial charge in [0.1, 0.15) is 5.60 Å². The molecule has 0 aromatic heterocycles. The predicted octanol–water partition coefficient (Wildman–Crippen LogP) is 3.46. The average molecular weight is 339 g/mol. The maximum absolute atomic E-state index is 12.5. The van der Waals surface area contributed by atoms with Crippen LogP contribution in [0.4, 0.5) is 13.2 Å². The Bertz CT molecular complexity index is 629. The topological polar surface area (TPSA) is 55.5 Å². The van der Waals surface area contributed by atoms with Gasteiger partial charge in [0.25, 0.3) is 0 Å². The van der Waals surface area contributed by atoms with E-state index in [0.29, 0.717) is 17.5 Å². The van der Waals surface area contributed by atoms with Crippen LogP contribution in [0.1, 0.15) is 23.1 Å². The van der Waals surface area contributed by atoms with Crippen molar-refractivity contribution in [2.45, 2.75) is 24.8 Å². The van der Waals surface area contributed by atoms with Crippen molar-refractivity contribution in [3.05, 3.63) is 71.3 Å². The molecule has 2 rings (SSSR count). The van der Waals surface area contributed by atoms with Gasteiger partial charge in [-0.2, -0.15) is 13.2 Å². The molecule has 0 bridgehead atoms. The van der Waals surface area contributed by atoms with E-state index in [2.05, 4.69) is 0 Å². The molecule has 1 unspecified atom stereocenters. The Morgan fingerprint density at radius 2 is 1.54 bits per heavy atom. The van der Waals surface area contributed by atoms with Crippen LogP contribution in [-0.4, -0.2) is 18.3 Å². The molecule has 0 saturated carbocycles. The average Bonchev–Trinajstić information content (AvgIpc) is 2.55. The summed E-state index contributed by atoms with van der Waals surface area (Å²) in [6.45, 7) is 0.405. The van der Waals surface area contributed by atoms with Crippen molar-refractivity contribution in [3.8, 4) is 0 Å². The van der Waals surface area contributed by atoms with E-state index < -0.39 is 17.3 Å². The van der Waals surface area contributed by atoms with Crippen molar-refractivity contribution in [1.82, 2.24) is 0 Å². The van der Waals surface area contributed by atoms with E-state index in [9.17, 15) is 18.3 Å². The maximum Gasteiger partial charge on any atom is 0.416 e. The van der Waals surface area contributed by atoms with Gasteiger partial charge in [-0.3, -0.25) is 0 Å². The lowest BCUT2D eigenvalue weighted by molar-refractivity contribution is -0.137. The van der Waals surface area contributed by atoms with Gasteiger partial charge < -0.3 is 15.6 Å². The molecule has 0 aliphatic carbocycles. The van der Waals surface area contributed by atoms with Crippen LogP contribution in [0.2, 0.25) is 0 Å². The fourth-order valence-corrected chi connectivity index (χ4v) is 2.41. The summed E-state index contributed by atoms with van der Waals surface area (Å²) in [5.74, 6) is 0. The third kappa shape index (κ3) is 4.80. The third-order valence-corrected chi connectivity index (χ3v) is 3.76. The molecule has 3 nitrogen and oxygen atoms in total. The highest BCUT2D eigenvalue weighted by Gasteiger charge is 2.30. The van der Waals surface area contributed by atoms with E-state index in [1.54, 1.807) is 12.1 Å². The first-order valence-corrected chi connectivity index (χ1v) is 7.57. The molecule has 3 N–H and O–H groups in total. The monoisotopic (exact) mass is 339 g/mol. The van der Waals surface area contributed by atoms with Gasteiger partial charge in [-0.25, -0.2) is 0 Å². The molecule has 1 atom stereocenters. The Kier molecular flexibility index (Phi) is 5.99. The molecule has 0 fully saturated rings. The van der Waals surface area contributed by atoms with Crippen LogP contribution >= 0.6 is 0 Å². The number of aliphatic hydroxyl groups is 1.